The minimum atomic E-state index is -1.77. The quantitative estimate of drug-likeness (QED) is 0.140. The minimum absolute atomic E-state index is 0.0725. The lowest BCUT2D eigenvalue weighted by Crippen LogP contribution is -2.60. The maximum atomic E-state index is 14.3. The van der Waals surface area contributed by atoms with Crippen LogP contribution in [0.5, 0.6) is 23.0 Å². The molecule has 0 amide bonds. The molecule has 262 valence electrons. The van der Waals surface area contributed by atoms with Crippen molar-refractivity contribution in [3.63, 3.8) is 0 Å². The molecule has 2 aliphatic heterocycles. The third kappa shape index (κ3) is 6.74. The lowest BCUT2D eigenvalue weighted by molar-refractivity contribution is -0.277. The van der Waals surface area contributed by atoms with Crippen molar-refractivity contribution in [2.24, 2.45) is 0 Å². The largest absolute Gasteiger partial charge is 0.507 e. The Bertz CT molecular complexity index is 1680. The molecule has 0 bridgehead atoms. The van der Waals surface area contributed by atoms with E-state index in [1.54, 1.807) is 30.3 Å². The van der Waals surface area contributed by atoms with Crippen molar-refractivity contribution in [1.29, 1.82) is 0 Å². The molecule has 3 heterocycles. The number of methoxy groups -OCH3 is 1. The average Bonchev–Trinajstić information content (AvgIpc) is 3.06. The van der Waals surface area contributed by atoms with E-state index in [1.165, 1.54) is 14.0 Å². The van der Waals surface area contributed by atoms with Crippen molar-refractivity contribution < 1.29 is 69.0 Å². The zero-order chi connectivity index (χ0) is 35.0. The van der Waals surface area contributed by atoms with Crippen molar-refractivity contribution in [3.05, 3.63) is 57.8 Å². The van der Waals surface area contributed by atoms with E-state index in [0.29, 0.717) is 11.3 Å². The number of hydrogen-bond acceptors (Lipinski definition) is 15. The smallest absolute Gasteiger partial charge is 0.239 e. The second kappa shape index (κ2) is 14.4. The summed E-state index contributed by atoms with van der Waals surface area (Å²) in [6, 6.07) is 7.41. The maximum absolute atomic E-state index is 14.3. The van der Waals surface area contributed by atoms with Crippen LogP contribution in [0.2, 0.25) is 0 Å². The molecular formula is C33H40O15. The highest BCUT2D eigenvalue weighted by molar-refractivity contribution is 5.91. The molecule has 0 radical (unpaired) electrons. The minimum Gasteiger partial charge on any atom is -0.507 e. The monoisotopic (exact) mass is 676 g/mol. The maximum Gasteiger partial charge on any atom is 0.239 e. The Labute approximate surface area is 274 Å². The molecule has 5 rings (SSSR count). The summed E-state index contributed by atoms with van der Waals surface area (Å²) in [6.07, 6.45) is -13.7. The summed E-state index contributed by atoms with van der Waals surface area (Å²) in [5, 5.41) is 82.9. The molecule has 2 saturated heterocycles. The van der Waals surface area contributed by atoms with Crippen LogP contribution in [0.4, 0.5) is 0 Å². The van der Waals surface area contributed by atoms with Crippen molar-refractivity contribution in [2.75, 3.05) is 13.7 Å². The topological polar surface area (TPSA) is 238 Å². The van der Waals surface area contributed by atoms with Crippen molar-refractivity contribution in [1.82, 2.24) is 0 Å². The van der Waals surface area contributed by atoms with Crippen molar-refractivity contribution in [3.8, 4) is 34.3 Å². The Morgan fingerprint density at radius 1 is 0.875 bits per heavy atom. The first-order valence-corrected chi connectivity index (χ1v) is 15.2. The number of aromatic hydroxyl groups is 1. The Morgan fingerprint density at radius 3 is 2.10 bits per heavy atom. The summed E-state index contributed by atoms with van der Waals surface area (Å²) >= 11 is 0. The molecule has 0 saturated carbocycles. The van der Waals surface area contributed by atoms with Gasteiger partial charge in [0.2, 0.25) is 23.8 Å². The molecule has 2 fully saturated rings. The summed E-state index contributed by atoms with van der Waals surface area (Å²) in [4.78, 5) is 14.3. The van der Waals surface area contributed by atoms with Crippen LogP contribution >= 0.6 is 0 Å². The van der Waals surface area contributed by atoms with Gasteiger partial charge in [-0.2, -0.15) is 0 Å². The van der Waals surface area contributed by atoms with Gasteiger partial charge in [0.1, 0.15) is 70.9 Å². The third-order valence-corrected chi connectivity index (χ3v) is 8.37. The summed E-state index contributed by atoms with van der Waals surface area (Å²) in [6.45, 7) is 4.40. The molecule has 8 N–H and O–H groups in total. The number of fused-ring (bicyclic) bond motifs is 1. The standard InChI is InChI=1S/C33H40O15/c1-13(2)5-10-17-19(45-33-28(42)26(40)23(37)20(12-34)46-33)11-18(35)21-24(38)31(48-32-27(41)25(39)22(36)14(3)44-32)29(47-30(17)21)15-6-8-16(43-4)9-7-15/h5-9,11,14,20,22-23,25-28,32-37,39-42H,10,12H2,1-4H3/t14-,20-,22-,23-,25+,26+,27+,28-,32-,33-/m1/s1. The van der Waals surface area contributed by atoms with Crippen LogP contribution in [0.25, 0.3) is 22.3 Å². The Kier molecular flexibility index (Phi) is 10.6. The number of benzene rings is 2. The Balaban J connectivity index is 1.71. The second-order valence-electron chi connectivity index (χ2n) is 12.0. The fourth-order valence-electron chi connectivity index (χ4n) is 5.52. The highest BCUT2D eigenvalue weighted by Crippen LogP contribution is 2.41. The van der Waals surface area contributed by atoms with Gasteiger partial charge < -0.3 is 69.0 Å². The summed E-state index contributed by atoms with van der Waals surface area (Å²) in [5.74, 6) is -0.922. The SMILES string of the molecule is COc1ccc(-c2oc3c(CC=C(C)C)c(O[C@@H]4O[C@H](CO)[C@@H](O)[C@H](O)[C@H]4O)cc(O)c3c(=O)c2O[C@H]2O[C@H](C)[C@@H](O)[C@H](O)[C@@H]2O)cc1. The van der Waals surface area contributed by atoms with Crippen LogP contribution in [0.15, 0.2) is 51.2 Å². The number of aliphatic hydroxyl groups is 7. The van der Waals surface area contributed by atoms with Gasteiger partial charge in [-0.1, -0.05) is 11.6 Å². The molecule has 2 aromatic carbocycles. The second-order valence-corrected chi connectivity index (χ2v) is 12.0. The van der Waals surface area contributed by atoms with Crippen LogP contribution in [-0.4, -0.2) is 116 Å². The molecule has 15 heteroatoms. The summed E-state index contributed by atoms with van der Waals surface area (Å²) < 4.78 is 34.5. The number of aliphatic hydroxyl groups excluding tert-OH is 7. The zero-order valence-electron chi connectivity index (χ0n) is 26.6. The number of hydrogen-bond donors (Lipinski definition) is 8. The molecule has 2 aliphatic rings. The van der Waals surface area contributed by atoms with Gasteiger partial charge in [-0.05, 0) is 51.5 Å². The molecule has 10 atom stereocenters. The van der Waals surface area contributed by atoms with Crippen LogP contribution in [0.1, 0.15) is 26.3 Å². The first-order valence-electron chi connectivity index (χ1n) is 15.2. The third-order valence-electron chi connectivity index (χ3n) is 8.37. The van der Waals surface area contributed by atoms with E-state index in [0.717, 1.165) is 11.6 Å². The molecule has 1 aromatic heterocycles. The normalized spacial score (nSPS) is 30.6. The van der Waals surface area contributed by atoms with E-state index in [-0.39, 0.29) is 34.5 Å². The van der Waals surface area contributed by atoms with Gasteiger partial charge in [0.25, 0.3) is 0 Å². The molecule has 3 aromatic rings. The van der Waals surface area contributed by atoms with Crippen LogP contribution in [0.3, 0.4) is 0 Å². The van der Waals surface area contributed by atoms with Gasteiger partial charge in [-0.3, -0.25) is 4.79 Å². The lowest BCUT2D eigenvalue weighted by Gasteiger charge is -2.39. The van der Waals surface area contributed by atoms with Crippen LogP contribution in [0, 0.1) is 0 Å². The first-order chi connectivity index (χ1) is 22.8. The van der Waals surface area contributed by atoms with E-state index in [2.05, 4.69) is 0 Å². The van der Waals surface area contributed by atoms with Crippen molar-refractivity contribution >= 4 is 11.0 Å². The number of phenolic OH excluding ortho intramolecular Hbond substituents is 1. The lowest BCUT2D eigenvalue weighted by atomic mass is 9.99. The van der Waals surface area contributed by atoms with Gasteiger partial charge in [0.05, 0.1) is 19.8 Å². The molecule has 0 spiro atoms. The van der Waals surface area contributed by atoms with Crippen molar-refractivity contribution in [2.45, 2.75) is 88.6 Å². The fraction of sp³-hybridized carbons (Fsp3) is 0.485. The number of allylic oxidation sites excluding steroid dienone is 2. The number of phenols is 1. The highest BCUT2D eigenvalue weighted by Gasteiger charge is 2.46. The molecular weight excluding hydrogens is 636 g/mol. The van der Waals surface area contributed by atoms with Gasteiger partial charge in [-0.15, -0.1) is 0 Å². The first kappa shape index (κ1) is 35.5. The molecule has 48 heavy (non-hydrogen) atoms. The van der Waals surface area contributed by atoms with Gasteiger partial charge >= 0.3 is 0 Å². The Morgan fingerprint density at radius 2 is 1.50 bits per heavy atom. The Hall–Kier alpha value is -3.77. The van der Waals surface area contributed by atoms with E-state index in [1.807, 2.05) is 13.8 Å². The summed E-state index contributed by atoms with van der Waals surface area (Å²) in [5.41, 5.74) is 0.341. The van der Waals surface area contributed by atoms with Crippen LogP contribution < -0.4 is 19.6 Å². The average molecular weight is 677 g/mol. The molecule has 0 unspecified atom stereocenters. The molecule has 15 nitrogen and oxygen atoms in total. The zero-order valence-corrected chi connectivity index (χ0v) is 26.6. The highest BCUT2D eigenvalue weighted by atomic mass is 16.7. The van der Waals surface area contributed by atoms with E-state index in [9.17, 15) is 45.6 Å². The number of rotatable bonds is 9. The number of ether oxygens (including phenoxy) is 5. The molecule has 0 aliphatic carbocycles. The van der Waals surface area contributed by atoms with Gasteiger partial charge in [-0.25, -0.2) is 0 Å². The fourth-order valence-corrected chi connectivity index (χ4v) is 5.52. The predicted octanol–water partition coefficient (Wildman–Crippen LogP) is 0.0679. The van der Waals surface area contributed by atoms with E-state index < -0.39 is 84.9 Å². The van der Waals surface area contributed by atoms with Gasteiger partial charge in [0.15, 0.2) is 5.76 Å². The predicted molar refractivity (Wildman–Crippen MR) is 167 cm³/mol. The van der Waals surface area contributed by atoms with Crippen LogP contribution in [-0.2, 0) is 15.9 Å². The summed E-state index contributed by atoms with van der Waals surface area (Å²) in [7, 11) is 1.47. The van der Waals surface area contributed by atoms with Gasteiger partial charge in [0, 0.05) is 17.2 Å². The van der Waals surface area contributed by atoms with E-state index >= 15 is 0 Å². The van der Waals surface area contributed by atoms with E-state index in [4.69, 9.17) is 28.1 Å².